The molecule has 0 fully saturated rings. The van der Waals surface area contributed by atoms with E-state index in [1.54, 1.807) is 0 Å². The lowest BCUT2D eigenvalue weighted by molar-refractivity contribution is -0.597. The van der Waals surface area contributed by atoms with E-state index < -0.39 is 0 Å². The van der Waals surface area contributed by atoms with E-state index in [0.29, 0.717) is 0 Å². The molecule has 0 spiro atoms. The largest absolute Gasteiger partial charge is 1.00 e. The Morgan fingerprint density at radius 2 is 0.938 bits per heavy atom. The summed E-state index contributed by atoms with van der Waals surface area (Å²) in [6.07, 6.45) is 0. The van der Waals surface area contributed by atoms with Crippen molar-refractivity contribution in [2.24, 2.45) is 0 Å². The molecule has 16 heavy (non-hydrogen) atoms. The van der Waals surface area contributed by atoms with E-state index in [2.05, 4.69) is 80.4 Å². The molecule has 2 aromatic carbocycles. The molecule has 0 aliphatic heterocycles. The van der Waals surface area contributed by atoms with Gasteiger partial charge in [0.05, 0.1) is 0 Å². The summed E-state index contributed by atoms with van der Waals surface area (Å²) in [5, 5.41) is 0. The van der Waals surface area contributed by atoms with Gasteiger partial charge in [-0.25, -0.2) is 0 Å². The predicted octanol–water partition coefficient (Wildman–Crippen LogP) is -1.66. The molecular weight excluding hydrogens is 466 g/mol. The summed E-state index contributed by atoms with van der Waals surface area (Å²) in [5.41, 5.74) is 0. The predicted molar refractivity (Wildman–Crippen MR) is 65.7 cm³/mol. The highest BCUT2D eigenvalue weighted by Gasteiger charge is 2.14. The van der Waals surface area contributed by atoms with Gasteiger partial charge in [-0.2, -0.15) is 0 Å². The Bertz CT molecular complexity index is 396. The molecule has 0 heterocycles. The Kier molecular flexibility index (Phi) is 6.32. The maximum atomic E-state index is 3.45. The fourth-order valence-electron chi connectivity index (χ4n) is 1.11. The van der Waals surface area contributed by atoms with Crippen LogP contribution in [0.2, 0.25) is 0 Å². The minimum absolute atomic E-state index is 0. The number of hydrogen-bond donors (Lipinski definition) is 0. The van der Waals surface area contributed by atoms with Crippen molar-refractivity contribution in [1.82, 2.24) is 0 Å². The van der Waals surface area contributed by atoms with Gasteiger partial charge in [-0.3, -0.25) is 0 Å². The summed E-state index contributed by atoms with van der Waals surface area (Å²) < 4.78 is 5.18. The van der Waals surface area contributed by atoms with E-state index in [0.717, 1.165) is 8.95 Å². The summed E-state index contributed by atoms with van der Waals surface area (Å²) in [4.78, 5) is 0. The molecule has 0 aliphatic carbocycles. The lowest BCUT2D eigenvalue weighted by atomic mass is 10.4. The highest BCUT2D eigenvalue weighted by molar-refractivity contribution is 9.10. The van der Waals surface area contributed by atoms with Crippen LogP contribution in [0.4, 0.5) is 0 Å². The van der Waals surface area contributed by atoms with Crippen LogP contribution < -0.4 is 33.6 Å². The van der Waals surface area contributed by atoms with Crippen LogP contribution in [0.5, 0.6) is 0 Å². The molecule has 84 valence electrons. The summed E-state index contributed by atoms with van der Waals surface area (Å²) in [6.45, 7) is 0. The smallest absolute Gasteiger partial charge is 0.357 e. The van der Waals surface area contributed by atoms with Crippen molar-refractivity contribution in [2.75, 3.05) is 0 Å². The van der Waals surface area contributed by atoms with E-state index in [-0.39, 0.29) is 33.6 Å². The van der Waals surface area contributed by atoms with Crippen molar-refractivity contribution in [3.63, 3.8) is 0 Å². The van der Waals surface area contributed by atoms with Crippen molar-refractivity contribution in [2.45, 2.75) is 0 Å². The Hall–Kier alpha value is 0.420. The van der Waals surface area contributed by atoms with Gasteiger partial charge < -0.3 is 12.4 Å². The van der Waals surface area contributed by atoms with Gasteiger partial charge in [0.2, 0.25) is 0 Å². The maximum absolute atomic E-state index is 3.45. The Balaban J connectivity index is 0.00000128. The molecular formula is C12H8Br2ClI. The first-order valence-electron chi connectivity index (χ1n) is 4.40. The van der Waals surface area contributed by atoms with Gasteiger partial charge in [0.1, 0.15) is 0 Å². The number of hydrogen-bond acceptors (Lipinski definition) is 0. The van der Waals surface area contributed by atoms with Crippen molar-refractivity contribution in [3.8, 4) is 0 Å². The van der Waals surface area contributed by atoms with Crippen molar-refractivity contribution in [3.05, 3.63) is 64.6 Å². The van der Waals surface area contributed by atoms with Gasteiger partial charge in [0, 0.05) is 8.95 Å². The third-order valence-corrected chi connectivity index (χ3v) is 5.57. The molecule has 0 amide bonds. The minimum Gasteiger partial charge on any atom is -1.00 e. The van der Waals surface area contributed by atoms with Crippen LogP contribution in [0, 0.1) is 7.14 Å². The first-order chi connectivity index (χ1) is 7.24. The number of halogens is 4. The van der Waals surface area contributed by atoms with E-state index in [4.69, 9.17) is 0 Å². The molecule has 0 atom stereocenters. The molecule has 2 aromatic rings. The van der Waals surface area contributed by atoms with Crippen molar-refractivity contribution in [1.29, 1.82) is 0 Å². The SMILES string of the molecule is Brc1ccc([I+]c2ccc(Br)cc2)cc1.[Cl-]. The molecule has 0 bridgehead atoms. The van der Waals surface area contributed by atoms with Gasteiger partial charge in [0.25, 0.3) is 0 Å². The van der Waals surface area contributed by atoms with Gasteiger partial charge in [-0.05, 0) is 48.5 Å². The number of benzene rings is 2. The first-order valence-corrected chi connectivity index (χ1v) is 8.14. The Labute approximate surface area is 129 Å². The highest BCUT2D eigenvalue weighted by Crippen LogP contribution is 2.07. The quantitative estimate of drug-likeness (QED) is 0.458. The maximum Gasteiger partial charge on any atom is 0.357 e. The topological polar surface area (TPSA) is 0 Å². The van der Waals surface area contributed by atoms with Crippen LogP contribution in [0.15, 0.2) is 57.5 Å². The second-order valence-corrected chi connectivity index (χ2v) is 7.83. The summed E-state index contributed by atoms with van der Waals surface area (Å²) in [5.74, 6) is 0. The average Bonchev–Trinajstić information content (AvgIpc) is 2.25. The summed E-state index contributed by atoms with van der Waals surface area (Å²) >= 11 is 6.85. The van der Waals surface area contributed by atoms with Crippen molar-refractivity contribution < 1.29 is 33.6 Å². The third-order valence-electron chi connectivity index (χ3n) is 1.83. The van der Waals surface area contributed by atoms with Crippen LogP contribution in [0.25, 0.3) is 0 Å². The molecule has 4 heteroatoms. The van der Waals surface area contributed by atoms with Crippen LogP contribution in [0.1, 0.15) is 0 Å². The standard InChI is InChI=1S/C12H8Br2I.ClH/c13-9-1-5-11(6-2-9)15-12-7-3-10(14)4-8-12;/h1-8H;1H/q+1;/p-1. The molecule has 0 saturated carbocycles. The van der Waals surface area contributed by atoms with E-state index >= 15 is 0 Å². The molecule has 0 unspecified atom stereocenters. The normalized spacial score (nSPS) is 9.62. The molecule has 0 aliphatic rings. The molecule has 0 saturated heterocycles. The second-order valence-electron chi connectivity index (χ2n) is 2.97. The fraction of sp³-hybridized carbons (Fsp3) is 0. The minimum atomic E-state index is -0.0385. The molecule has 0 aromatic heterocycles. The zero-order valence-corrected chi connectivity index (χ0v) is 14.2. The van der Waals surface area contributed by atoms with Gasteiger partial charge in [0.15, 0.2) is 7.14 Å². The zero-order chi connectivity index (χ0) is 10.7. The highest BCUT2D eigenvalue weighted by atomic mass is 127. The first kappa shape index (κ1) is 14.5. The van der Waals surface area contributed by atoms with Crippen LogP contribution in [-0.4, -0.2) is 0 Å². The van der Waals surface area contributed by atoms with E-state index in [9.17, 15) is 0 Å². The Morgan fingerprint density at radius 3 is 1.25 bits per heavy atom. The molecule has 0 N–H and O–H groups in total. The van der Waals surface area contributed by atoms with Gasteiger partial charge in [-0.1, -0.05) is 31.9 Å². The lowest BCUT2D eigenvalue weighted by Crippen LogP contribution is -3.61. The van der Waals surface area contributed by atoms with Gasteiger partial charge in [-0.15, -0.1) is 0 Å². The average molecular weight is 474 g/mol. The van der Waals surface area contributed by atoms with Crippen LogP contribution >= 0.6 is 31.9 Å². The third kappa shape index (κ3) is 4.35. The molecule has 0 nitrogen and oxygen atoms in total. The zero-order valence-electron chi connectivity index (χ0n) is 8.13. The molecule has 0 radical (unpaired) electrons. The fourth-order valence-corrected chi connectivity index (χ4v) is 3.80. The molecule has 2 rings (SSSR count). The van der Waals surface area contributed by atoms with Crippen LogP contribution in [-0.2, 0) is 0 Å². The van der Waals surface area contributed by atoms with Gasteiger partial charge >= 0.3 is 21.2 Å². The van der Waals surface area contributed by atoms with Crippen molar-refractivity contribution >= 4 is 31.9 Å². The summed E-state index contributed by atoms with van der Waals surface area (Å²) in [6, 6.07) is 17.2. The van der Waals surface area contributed by atoms with E-state index in [1.165, 1.54) is 7.14 Å². The number of rotatable bonds is 2. The Morgan fingerprint density at radius 1 is 0.625 bits per heavy atom. The van der Waals surface area contributed by atoms with Crippen LogP contribution in [0.3, 0.4) is 0 Å². The lowest BCUT2D eigenvalue weighted by Gasteiger charge is -1.89. The monoisotopic (exact) mass is 472 g/mol. The van der Waals surface area contributed by atoms with E-state index in [1.807, 2.05) is 0 Å². The summed E-state index contributed by atoms with van der Waals surface area (Å²) in [7, 11) is 0. The second kappa shape index (κ2) is 6.99.